The lowest BCUT2D eigenvalue weighted by Crippen LogP contribution is -2.12. The summed E-state index contributed by atoms with van der Waals surface area (Å²) in [5, 5.41) is 9.09. The molecule has 2 N–H and O–H groups in total. The van der Waals surface area contributed by atoms with Crippen molar-refractivity contribution in [3.8, 4) is 17.2 Å². The van der Waals surface area contributed by atoms with E-state index in [9.17, 15) is 8.42 Å². The fourth-order valence-corrected chi connectivity index (χ4v) is 2.82. The number of sulfonamides is 1. The smallest absolute Gasteiger partial charge is 0.261 e. The van der Waals surface area contributed by atoms with E-state index in [0.29, 0.717) is 30.4 Å². The zero-order chi connectivity index (χ0) is 15.7. The molecule has 0 spiro atoms. The fraction of sp³-hybridized carbons (Fsp3) is 0.385. The second kappa shape index (κ2) is 5.67. The second-order valence-corrected chi connectivity index (χ2v) is 6.49. The molecule has 1 aliphatic rings. The van der Waals surface area contributed by atoms with Crippen LogP contribution in [-0.2, 0) is 14.8 Å². The average molecular weight is 325 g/mol. The Balaban J connectivity index is 2.02. The van der Waals surface area contributed by atoms with Crippen LogP contribution in [-0.4, -0.2) is 38.9 Å². The van der Waals surface area contributed by atoms with Crippen LogP contribution in [0.5, 0.6) is 5.75 Å². The van der Waals surface area contributed by atoms with Gasteiger partial charge in [-0.2, -0.15) is 4.98 Å². The van der Waals surface area contributed by atoms with Crippen LogP contribution in [0.25, 0.3) is 11.5 Å². The Morgan fingerprint density at radius 2 is 2.23 bits per heavy atom. The second-order valence-electron chi connectivity index (χ2n) is 4.93. The van der Waals surface area contributed by atoms with E-state index in [4.69, 9.17) is 19.1 Å². The number of primary sulfonamides is 1. The first kappa shape index (κ1) is 14.9. The topological polar surface area (TPSA) is 118 Å². The number of methoxy groups -OCH3 is 1. The first-order valence-electron chi connectivity index (χ1n) is 6.61. The van der Waals surface area contributed by atoms with Crippen molar-refractivity contribution in [2.45, 2.75) is 17.2 Å². The summed E-state index contributed by atoms with van der Waals surface area (Å²) in [6.07, 6.45) is 0.827. The summed E-state index contributed by atoms with van der Waals surface area (Å²) < 4.78 is 38.7. The lowest BCUT2D eigenvalue weighted by molar-refractivity contribution is 0.192. The molecule has 22 heavy (non-hydrogen) atoms. The number of nitrogens with two attached hydrogens (primary N) is 1. The highest BCUT2D eigenvalue weighted by Crippen LogP contribution is 2.32. The van der Waals surface area contributed by atoms with E-state index in [2.05, 4.69) is 10.1 Å². The van der Waals surface area contributed by atoms with Crippen molar-refractivity contribution in [1.29, 1.82) is 0 Å². The molecular weight excluding hydrogens is 310 g/mol. The highest BCUT2D eigenvalue weighted by atomic mass is 32.2. The minimum absolute atomic E-state index is 0.0488. The normalized spacial score (nSPS) is 18.5. The van der Waals surface area contributed by atoms with Crippen LogP contribution in [0.2, 0.25) is 0 Å². The van der Waals surface area contributed by atoms with Gasteiger partial charge in [0.25, 0.3) is 5.89 Å². The lowest BCUT2D eigenvalue weighted by Gasteiger charge is -2.06. The Morgan fingerprint density at radius 1 is 1.41 bits per heavy atom. The maximum atomic E-state index is 11.5. The van der Waals surface area contributed by atoms with Crippen molar-refractivity contribution in [3.05, 3.63) is 24.0 Å². The van der Waals surface area contributed by atoms with E-state index in [1.165, 1.54) is 25.3 Å². The van der Waals surface area contributed by atoms with Gasteiger partial charge in [0.15, 0.2) is 5.82 Å². The first-order chi connectivity index (χ1) is 10.5. The van der Waals surface area contributed by atoms with Gasteiger partial charge in [-0.3, -0.25) is 0 Å². The van der Waals surface area contributed by atoms with Crippen LogP contribution in [0.3, 0.4) is 0 Å². The van der Waals surface area contributed by atoms with Gasteiger partial charge in [0.1, 0.15) is 5.75 Å². The van der Waals surface area contributed by atoms with Gasteiger partial charge in [-0.1, -0.05) is 5.16 Å². The van der Waals surface area contributed by atoms with Crippen molar-refractivity contribution < 1.29 is 22.4 Å². The van der Waals surface area contributed by atoms with Gasteiger partial charge in [0, 0.05) is 12.5 Å². The zero-order valence-corrected chi connectivity index (χ0v) is 12.7. The third-order valence-electron chi connectivity index (χ3n) is 3.47. The number of hydrogen-bond donors (Lipinski definition) is 1. The molecule has 0 aliphatic carbocycles. The minimum atomic E-state index is -3.83. The van der Waals surface area contributed by atoms with E-state index in [1.54, 1.807) is 0 Å². The Hall–Kier alpha value is -1.97. The molecule has 8 nitrogen and oxygen atoms in total. The molecule has 1 aromatic carbocycles. The average Bonchev–Trinajstić information content (AvgIpc) is 3.16. The lowest BCUT2D eigenvalue weighted by atomic mass is 10.1. The molecule has 1 aliphatic heterocycles. The molecule has 2 heterocycles. The van der Waals surface area contributed by atoms with Crippen molar-refractivity contribution in [1.82, 2.24) is 10.1 Å². The van der Waals surface area contributed by atoms with E-state index < -0.39 is 10.0 Å². The quantitative estimate of drug-likeness (QED) is 0.887. The van der Waals surface area contributed by atoms with Crippen molar-refractivity contribution in [2.24, 2.45) is 5.14 Å². The molecule has 0 bridgehead atoms. The van der Waals surface area contributed by atoms with E-state index in [-0.39, 0.29) is 16.7 Å². The molecular formula is C13H15N3O5S. The van der Waals surface area contributed by atoms with Gasteiger partial charge in [-0.15, -0.1) is 0 Å². The molecule has 9 heteroatoms. The number of ether oxygens (including phenoxy) is 2. The standard InChI is InChI=1S/C13H15N3O5S/c1-19-11-3-2-9(22(14,17)18)6-10(11)13-15-12(16-21-13)8-4-5-20-7-8/h2-3,6,8H,4-5,7H2,1H3,(H2,14,17,18)/t8-/m1/s1. The van der Waals surface area contributed by atoms with Gasteiger partial charge >= 0.3 is 0 Å². The Kier molecular flexibility index (Phi) is 3.85. The van der Waals surface area contributed by atoms with Crippen LogP contribution < -0.4 is 9.88 Å². The summed E-state index contributed by atoms with van der Waals surface area (Å²) in [5.41, 5.74) is 0.381. The molecule has 0 amide bonds. The summed E-state index contributed by atoms with van der Waals surface area (Å²) in [4.78, 5) is 4.27. The number of aromatic nitrogens is 2. The van der Waals surface area contributed by atoms with Gasteiger partial charge in [0.05, 0.1) is 24.2 Å². The molecule has 0 saturated carbocycles. The van der Waals surface area contributed by atoms with Gasteiger partial charge in [0.2, 0.25) is 10.0 Å². The molecule has 1 atom stereocenters. The molecule has 0 unspecified atom stereocenters. The third-order valence-corrected chi connectivity index (χ3v) is 4.38. The Bertz CT molecular complexity index is 781. The van der Waals surface area contributed by atoms with E-state index in [1.807, 2.05) is 0 Å². The summed E-state index contributed by atoms with van der Waals surface area (Å²) in [5.74, 6) is 1.23. The van der Waals surface area contributed by atoms with E-state index >= 15 is 0 Å². The van der Waals surface area contributed by atoms with Crippen molar-refractivity contribution in [2.75, 3.05) is 20.3 Å². The monoisotopic (exact) mass is 325 g/mol. The van der Waals surface area contributed by atoms with Crippen molar-refractivity contribution in [3.63, 3.8) is 0 Å². The first-order valence-corrected chi connectivity index (χ1v) is 8.16. The molecule has 1 fully saturated rings. The zero-order valence-electron chi connectivity index (χ0n) is 11.9. The van der Waals surface area contributed by atoms with Crippen LogP contribution in [0.1, 0.15) is 18.2 Å². The molecule has 2 aromatic rings. The summed E-state index contributed by atoms with van der Waals surface area (Å²) in [7, 11) is -2.36. The minimum Gasteiger partial charge on any atom is -0.496 e. The Morgan fingerprint density at radius 3 is 2.86 bits per heavy atom. The third kappa shape index (κ3) is 2.82. The molecule has 118 valence electrons. The fourth-order valence-electron chi connectivity index (χ4n) is 2.28. The molecule has 3 rings (SSSR count). The predicted molar refractivity (Wildman–Crippen MR) is 75.8 cm³/mol. The van der Waals surface area contributed by atoms with Crippen LogP contribution in [0.4, 0.5) is 0 Å². The number of rotatable bonds is 4. The highest BCUT2D eigenvalue weighted by Gasteiger charge is 2.25. The highest BCUT2D eigenvalue weighted by molar-refractivity contribution is 7.89. The van der Waals surface area contributed by atoms with E-state index in [0.717, 1.165) is 6.42 Å². The Labute approximate surface area is 127 Å². The van der Waals surface area contributed by atoms with Crippen LogP contribution >= 0.6 is 0 Å². The molecule has 1 saturated heterocycles. The predicted octanol–water partition coefficient (Wildman–Crippen LogP) is 0.896. The van der Waals surface area contributed by atoms with Crippen LogP contribution in [0, 0.1) is 0 Å². The van der Waals surface area contributed by atoms with Gasteiger partial charge < -0.3 is 14.0 Å². The number of nitrogens with zero attached hydrogens (tertiary/aromatic N) is 2. The summed E-state index contributed by atoms with van der Waals surface area (Å²) >= 11 is 0. The SMILES string of the molecule is COc1ccc(S(N)(=O)=O)cc1-c1nc([C@@H]2CCOC2)no1. The molecule has 1 aromatic heterocycles. The maximum absolute atomic E-state index is 11.5. The maximum Gasteiger partial charge on any atom is 0.261 e. The van der Waals surface area contributed by atoms with Crippen LogP contribution in [0.15, 0.2) is 27.6 Å². The summed E-state index contributed by atoms with van der Waals surface area (Å²) in [6, 6.07) is 4.22. The summed E-state index contributed by atoms with van der Waals surface area (Å²) in [6.45, 7) is 1.21. The van der Waals surface area contributed by atoms with Gasteiger partial charge in [-0.25, -0.2) is 13.6 Å². The largest absolute Gasteiger partial charge is 0.496 e. The molecule has 0 radical (unpaired) electrons. The number of benzene rings is 1. The van der Waals surface area contributed by atoms with Crippen molar-refractivity contribution >= 4 is 10.0 Å². The van der Waals surface area contributed by atoms with Gasteiger partial charge in [-0.05, 0) is 24.6 Å². The number of hydrogen-bond acceptors (Lipinski definition) is 7.